The maximum atomic E-state index is 9.91. The first-order chi connectivity index (χ1) is 7.87. The molecule has 1 aliphatic carbocycles. The van der Waals surface area contributed by atoms with Crippen molar-refractivity contribution in [1.82, 2.24) is 4.98 Å². The van der Waals surface area contributed by atoms with Crippen LogP contribution in [0, 0.1) is 5.41 Å². The first kappa shape index (κ1) is 12.8. The molecule has 1 N–H and O–H groups in total. The molecule has 1 unspecified atom stereocenters. The van der Waals surface area contributed by atoms with Gasteiger partial charge in [0.05, 0.1) is 11.8 Å². The van der Waals surface area contributed by atoms with Crippen molar-refractivity contribution < 1.29 is 5.11 Å². The number of fused-ring (bicyclic) bond motifs is 1. The zero-order valence-corrected chi connectivity index (χ0v) is 12.0. The molecule has 17 heavy (non-hydrogen) atoms. The van der Waals surface area contributed by atoms with E-state index >= 15 is 0 Å². The molecule has 3 nitrogen and oxygen atoms in total. The molecule has 0 aromatic carbocycles. The molecule has 0 amide bonds. The highest BCUT2D eigenvalue weighted by molar-refractivity contribution is 7.15. The highest BCUT2D eigenvalue weighted by Gasteiger charge is 2.25. The van der Waals surface area contributed by atoms with E-state index in [9.17, 15) is 5.11 Å². The Bertz CT molecular complexity index is 395. The van der Waals surface area contributed by atoms with Gasteiger partial charge >= 0.3 is 0 Å². The molecule has 0 saturated carbocycles. The van der Waals surface area contributed by atoms with Gasteiger partial charge in [-0.15, -0.1) is 11.3 Å². The van der Waals surface area contributed by atoms with Gasteiger partial charge in [0, 0.05) is 18.5 Å². The third-order valence-corrected chi connectivity index (χ3v) is 4.20. The molecule has 0 aliphatic heterocycles. The van der Waals surface area contributed by atoms with Gasteiger partial charge in [0.25, 0.3) is 0 Å². The summed E-state index contributed by atoms with van der Waals surface area (Å²) in [5.41, 5.74) is 1.19. The second kappa shape index (κ2) is 4.58. The summed E-state index contributed by atoms with van der Waals surface area (Å²) in [5, 5.41) is 11.0. The fourth-order valence-corrected chi connectivity index (χ4v) is 3.44. The largest absolute Gasteiger partial charge is 0.387 e. The lowest BCUT2D eigenvalue weighted by atomic mass is 9.96. The van der Waals surface area contributed by atoms with Crippen LogP contribution < -0.4 is 4.90 Å². The van der Waals surface area contributed by atoms with Gasteiger partial charge in [0.2, 0.25) is 0 Å². The molecule has 2 rings (SSSR count). The van der Waals surface area contributed by atoms with Crippen molar-refractivity contribution in [3.8, 4) is 0 Å². The molecule has 1 aliphatic rings. The number of rotatable bonds is 2. The minimum absolute atomic E-state index is 0.263. The predicted molar refractivity (Wildman–Crippen MR) is 72.7 cm³/mol. The van der Waals surface area contributed by atoms with Crippen LogP contribution in [0.15, 0.2) is 0 Å². The molecule has 1 aromatic rings. The van der Waals surface area contributed by atoms with Crippen LogP contribution in [0.1, 0.15) is 50.3 Å². The predicted octanol–water partition coefficient (Wildman–Crippen LogP) is 3.00. The van der Waals surface area contributed by atoms with Gasteiger partial charge < -0.3 is 10.0 Å². The second-order valence-electron chi connectivity index (χ2n) is 6.13. The maximum absolute atomic E-state index is 9.91. The van der Waals surface area contributed by atoms with Crippen LogP contribution in [0.2, 0.25) is 0 Å². The van der Waals surface area contributed by atoms with E-state index in [1.54, 1.807) is 11.3 Å². The van der Waals surface area contributed by atoms with E-state index in [0.29, 0.717) is 0 Å². The zero-order valence-electron chi connectivity index (χ0n) is 11.2. The van der Waals surface area contributed by atoms with Crippen molar-refractivity contribution in [2.75, 3.05) is 18.5 Å². The molecule has 4 heteroatoms. The lowest BCUT2D eigenvalue weighted by Crippen LogP contribution is -2.29. The Kier molecular flexibility index (Phi) is 3.46. The highest BCUT2D eigenvalue weighted by Crippen LogP contribution is 2.36. The average Bonchev–Trinajstić information content (AvgIpc) is 2.60. The lowest BCUT2D eigenvalue weighted by molar-refractivity contribution is 0.153. The quantitative estimate of drug-likeness (QED) is 0.881. The first-order valence-corrected chi connectivity index (χ1v) is 7.07. The standard InChI is InChI=1S/C13H22N2OS/c1-13(2,3)8-15(4)12-14-11-9(16)6-5-7-10(11)17-12/h9,16H,5-8H2,1-4H3. The lowest BCUT2D eigenvalue weighted by Gasteiger charge is -2.26. The zero-order chi connectivity index (χ0) is 12.6. The Morgan fingerprint density at radius 1 is 1.47 bits per heavy atom. The Hall–Kier alpha value is -0.610. The molecule has 0 saturated heterocycles. The van der Waals surface area contributed by atoms with Crippen molar-refractivity contribution in [3.05, 3.63) is 10.6 Å². The van der Waals surface area contributed by atoms with E-state index in [-0.39, 0.29) is 11.5 Å². The molecule has 0 bridgehead atoms. The monoisotopic (exact) mass is 254 g/mol. The summed E-state index contributed by atoms with van der Waals surface area (Å²) in [6.07, 6.45) is 2.68. The van der Waals surface area contributed by atoms with Crippen LogP contribution in [-0.4, -0.2) is 23.7 Å². The number of aryl methyl sites for hydroxylation is 1. The summed E-state index contributed by atoms with van der Waals surface area (Å²) in [4.78, 5) is 8.09. The van der Waals surface area contributed by atoms with Gasteiger partial charge in [-0.1, -0.05) is 20.8 Å². The Balaban J connectivity index is 2.17. The second-order valence-corrected chi connectivity index (χ2v) is 7.19. The average molecular weight is 254 g/mol. The fraction of sp³-hybridized carbons (Fsp3) is 0.769. The highest BCUT2D eigenvalue weighted by atomic mass is 32.1. The van der Waals surface area contributed by atoms with E-state index in [2.05, 4.69) is 37.7 Å². The van der Waals surface area contributed by atoms with E-state index in [4.69, 9.17) is 0 Å². The molecule has 1 aromatic heterocycles. The summed E-state index contributed by atoms with van der Waals surface area (Å²) in [5.74, 6) is 0. The van der Waals surface area contributed by atoms with Crippen molar-refractivity contribution in [2.45, 2.75) is 46.1 Å². The molecule has 1 atom stereocenters. The van der Waals surface area contributed by atoms with Gasteiger partial charge in [-0.2, -0.15) is 0 Å². The molecule has 0 fully saturated rings. The summed E-state index contributed by atoms with van der Waals surface area (Å²) < 4.78 is 0. The topological polar surface area (TPSA) is 36.4 Å². The number of anilines is 1. The molecular weight excluding hydrogens is 232 g/mol. The van der Waals surface area contributed by atoms with Crippen LogP contribution in [0.25, 0.3) is 0 Å². The van der Waals surface area contributed by atoms with Gasteiger partial charge in [0.15, 0.2) is 5.13 Å². The smallest absolute Gasteiger partial charge is 0.185 e. The van der Waals surface area contributed by atoms with Gasteiger partial charge in [-0.05, 0) is 24.7 Å². The van der Waals surface area contributed by atoms with Gasteiger partial charge in [0.1, 0.15) is 0 Å². The third kappa shape index (κ3) is 2.99. The molecular formula is C13H22N2OS. The molecule has 96 valence electrons. The Morgan fingerprint density at radius 3 is 2.76 bits per heavy atom. The Morgan fingerprint density at radius 2 is 2.18 bits per heavy atom. The van der Waals surface area contributed by atoms with E-state index in [1.807, 2.05) is 0 Å². The number of aliphatic hydroxyl groups excluding tert-OH is 1. The minimum Gasteiger partial charge on any atom is -0.387 e. The summed E-state index contributed by atoms with van der Waals surface area (Å²) in [7, 11) is 2.09. The van der Waals surface area contributed by atoms with E-state index in [0.717, 1.165) is 36.6 Å². The number of hydrogen-bond acceptors (Lipinski definition) is 4. The third-order valence-electron chi connectivity index (χ3n) is 2.95. The van der Waals surface area contributed by atoms with Crippen LogP contribution in [0.3, 0.4) is 0 Å². The molecule has 0 radical (unpaired) electrons. The van der Waals surface area contributed by atoms with Crippen LogP contribution in [0.4, 0.5) is 5.13 Å². The first-order valence-electron chi connectivity index (χ1n) is 6.25. The van der Waals surface area contributed by atoms with Gasteiger partial charge in [-0.25, -0.2) is 4.98 Å². The summed E-state index contributed by atoms with van der Waals surface area (Å²) >= 11 is 1.74. The van der Waals surface area contributed by atoms with Crippen molar-refractivity contribution in [1.29, 1.82) is 0 Å². The minimum atomic E-state index is -0.341. The SMILES string of the molecule is CN(CC(C)(C)C)c1nc2c(s1)CCCC2O. The van der Waals surface area contributed by atoms with Crippen LogP contribution in [-0.2, 0) is 6.42 Å². The van der Waals surface area contributed by atoms with Crippen LogP contribution in [0.5, 0.6) is 0 Å². The van der Waals surface area contributed by atoms with Crippen LogP contribution >= 0.6 is 11.3 Å². The van der Waals surface area contributed by atoms with Crippen molar-refractivity contribution in [3.63, 3.8) is 0 Å². The number of thiazole rings is 1. The molecule has 0 spiro atoms. The number of nitrogens with zero attached hydrogens (tertiary/aromatic N) is 2. The normalized spacial score (nSPS) is 20.2. The fourth-order valence-electron chi connectivity index (χ4n) is 2.33. The Labute approximate surface area is 107 Å². The van der Waals surface area contributed by atoms with Gasteiger partial charge in [-0.3, -0.25) is 0 Å². The van der Waals surface area contributed by atoms with E-state index < -0.39 is 0 Å². The summed E-state index contributed by atoms with van der Waals surface area (Å²) in [6.45, 7) is 7.67. The van der Waals surface area contributed by atoms with Crippen molar-refractivity contribution in [2.24, 2.45) is 5.41 Å². The number of hydrogen-bond donors (Lipinski definition) is 1. The molecule has 1 heterocycles. The number of aliphatic hydroxyl groups is 1. The van der Waals surface area contributed by atoms with E-state index in [1.165, 1.54) is 4.88 Å². The summed E-state index contributed by atoms with van der Waals surface area (Å²) in [6, 6.07) is 0. The van der Waals surface area contributed by atoms with Crippen molar-refractivity contribution >= 4 is 16.5 Å². The maximum Gasteiger partial charge on any atom is 0.185 e. The number of aromatic nitrogens is 1.